The van der Waals surface area contributed by atoms with E-state index < -0.39 is 4.92 Å². The fourth-order valence-corrected chi connectivity index (χ4v) is 1.87. The lowest BCUT2D eigenvalue weighted by atomic mass is 10.0. The van der Waals surface area contributed by atoms with E-state index in [0.29, 0.717) is 35.7 Å². The first kappa shape index (κ1) is 15.0. The maximum atomic E-state index is 11.3. The van der Waals surface area contributed by atoms with E-state index in [1.165, 1.54) is 7.11 Å². The Morgan fingerprint density at radius 2 is 2.16 bits per heavy atom. The number of nitrogens with one attached hydrogen (secondary N) is 1. The number of benzene rings is 1. The second-order valence-electron chi connectivity index (χ2n) is 4.43. The predicted octanol–water partition coefficient (Wildman–Crippen LogP) is 1.33. The maximum absolute atomic E-state index is 11.3. The smallest absolute Gasteiger partial charge is 0.297 e. The summed E-state index contributed by atoms with van der Waals surface area (Å²) in [6.07, 6.45) is 0.487. The summed E-state index contributed by atoms with van der Waals surface area (Å²) in [6, 6.07) is 1.55. The van der Waals surface area contributed by atoms with Crippen LogP contribution >= 0.6 is 0 Å². The Kier molecular flexibility index (Phi) is 4.94. The second kappa shape index (κ2) is 6.24. The molecule has 0 aliphatic rings. The standard InChI is InChI=1S/C12H20N4O3/c1-14-9-7-10(19-4)11(13)8(5-6-15(2)3)12(9)16(17)18/h7,14H,5-6,13H2,1-4H3. The highest BCUT2D eigenvalue weighted by atomic mass is 16.6. The largest absolute Gasteiger partial charge is 0.495 e. The Labute approximate surface area is 112 Å². The number of anilines is 2. The van der Waals surface area contributed by atoms with E-state index in [-0.39, 0.29) is 5.69 Å². The summed E-state index contributed by atoms with van der Waals surface area (Å²) < 4.78 is 5.17. The minimum absolute atomic E-state index is 0.0163. The Morgan fingerprint density at radius 1 is 1.53 bits per heavy atom. The van der Waals surface area contributed by atoms with E-state index in [0.717, 1.165) is 0 Å². The van der Waals surface area contributed by atoms with Crippen LogP contribution in [-0.2, 0) is 6.42 Å². The van der Waals surface area contributed by atoms with Crippen molar-refractivity contribution in [3.63, 3.8) is 0 Å². The highest BCUT2D eigenvalue weighted by Crippen LogP contribution is 2.39. The van der Waals surface area contributed by atoms with Crippen LogP contribution < -0.4 is 15.8 Å². The predicted molar refractivity (Wildman–Crippen MR) is 75.9 cm³/mol. The van der Waals surface area contributed by atoms with Crippen LogP contribution in [-0.4, -0.2) is 44.6 Å². The molecule has 0 aromatic heterocycles. The van der Waals surface area contributed by atoms with E-state index in [4.69, 9.17) is 10.5 Å². The van der Waals surface area contributed by atoms with Gasteiger partial charge in [0.1, 0.15) is 11.4 Å². The molecule has 0 bridgehead atoms. The molecule has 0 aliphatic carbocycles. The highest BCUT2D eigenvalue weighted by Gasteiger charge is 2.24. The van der Waals surface area contributed by atoms with Gasteiger partial charge in [-0.25, -0.2) is 0 Å². The molecule has 0 spiro atoms. The molecule has 3 N–H and O–H groups in total. The highest BCUT2D eigenvalue weighted by molar-refractivity contribution is 5.78. The molecule has 0 heterocycles. The number of ether oxygens (including phenoxy) is 1. The van der Waals surface area contributed by atoms with Gasteiger partial charge in [0, 0.05) is 19.7 Å². The van der Waals surface area contributed by atoms with Crippen LogP contribution in [0.2, 0.25) is 0 Å². The second-order valence-corrected chi connectivity index (χ2v) is 4.43. The number of likely N-dealkylation sites (N-methyl/N-ethyl adjacent to an activating group) is 1. The first-order chi connectivity index (χ1) is 8.92. The van der Waals surface area contributed by atoms with Gasteiger partial charge >= 0.3 is 0 Å². The number of nitrogens with two attached hydrogens (primary N) is 1. The van der Waals surface area contributed by atoms with Crippen molar-refractivity contribution in [1.29, 1.82) is 0 Å². The summed E-state index contributed by atoms with van der Waals surface area (Å²) in [6.45, 7) is 0.668. The number of nitro benzene ring substituents is 1. The lowest BCUT2D eigenvalue weighted by Crippen LogP contribution is -2.17. The van der Waals surface area contributed by atoms with Crippen LogP contribution in [0.5, 0.6) is 5.75 Å². The van der Waals surface area contributed by atoms with Crippen LogP contribution in [0.15, 0.2) is 6.07 Å². The van der Waals surface area contributed by atoms with Gasteiger partial charge < -0.3 is 20.7 Å². The Hall–Kier alpha value is -2.02. The third-order valence-corrected chi connectivity index (χ3v) is 2.89. The van der Waals surface area contributed by atoms with Crippen molar-refractivity contribution in [3.05, 3.63) is 21.7 Å². The van der Waals surface area contributed by atoms with E-state index in [9.17, 15) is 10.1 Å². The molecule has 0 saturated heterocycles. The molecule has 0 atom stereocenters. The van der Waals surface area contributed by atoms with E-state index in [2.05, 4.69) is 5.32 Å². The van der Waals surface area contributed by atoms with Crippen LogP contribution in [0.25, 0.3) is 0 Å². The summed E-state index contributed by atoms with van der Waals surface area (Å²) in [5, 5.41) is 14.1. The van der Waals surface area contributed by atoms with Crippen molar-refractivity contribution in [3.8, 4) is 5.75 Å². The third-order valence-electron chi connectivity index (χ3n) is 2.89. The number of methoxy groups -OCH3 is 1. The van der Waals surface area contributed by atoms with Gasteiger partial charge in [-0.2, -0.15) is 0 Å². The van der Waals surface area contributed by atoms with Gasteiger partial charge in [-0.3, -0.25) is 10.1 Å². The normalized spacial score (nSPS) is 10.6. The van der Waals surface area contributed by atoms with Crippen molar-refractivity contribution in [2.45, 2.75) is 6.42 Å². The molecule has 0 amide bonds. The minimum atomic E-state index is -0.410. The van der Waals surface area contributed by atoms with Gasteiger partial charge in [0.15, 0.2) is 0 Å². The van der Waals surface area contributed by atoms with E-state index in [1.54, 1.807) is 13.1 Å². The number of nitro groups is 1. The van der Waals surface area contributed by atoms with E-state index >= 15 is 0 Å². The molecule has 7 heteroatoms. The molecule has 1 aromatic rings. The summed E-state index contributed by atoms with van der Waals surface area (Å²) in [5.74, 6) is 0.448. The summed E-state index contributed by atoms with van der Waals surface area (Å²) in [4.78, 5) is 12.8. The van der Waals surface area contributed by atoms with Crippen molar-refractivity contribution >= 4 is 17.1 Å². The number of rotatable bonds is 6. The van der Waals surface area contributed by atoms with Gasteiger partial charge in [0.05, 0.1) is 23.3 Å². The molecule has 0 aliphatic heterocycles. The Balaban J connectivity index is 3.39. The molecule has 1 aromatic carbocycles. The Bertz CT molecular complexity index is 475. The molecular formula is C12H20N4O3. The van der Waals surface area contributed by atoms with Crippen molar-refractivity contribution < 1.29 is 9.66 Å². The lowest BCUT2D eigenvalue weighted by molar-refractivity contribution is -0.384. The zero-order valence-corrected chi connectivity index (χ0v) is 11.7. The molecule has 106 valence electrons. The first-order valence-electron chi connectivity index (χ1n) is 5.88. The zero-order valence-electron chi connectivity index (χ0n) is 11.7. The van der Waals surface area contributed by atoms with Crippen LogP contribution in [0.1, 0.15) is 5.56 Å². The average Bonchev–Trinajstić information content (AvgIpc) is 2.36. The zero-order chi connectivity index (χ0) is 14.6. The maximum Gasteiger partial charge on any atom is 0.297 e. The van der Waals surface area contributed by atoms with Crippen LogP contribution in [0, 0.1) is 10.1 Å². The molecule has 0 unspecified atom stereocenters. The summed E-state index contributed by atoms with van der Waals surface area (Å²) >= 11 is 0. The Morgan fingerprint density at radius 3 is 2.58 bits per heavy atom. The quantitative estimate of drug-likeness (QED) is 0.459. The number of hydrogen-bond acceptors (Lipinski definition) is 6. The first-order valence-corrected chi connectivity index (χ1v) is 5.88. The molecular weight excluding hydrogens is 248 g/mol. The van der Waals surface area contributed by atoms with Gasteiger partial charge in [-0.15, -0.1) is 0 Å². The topological polar surface area (TPSA) is 93.7 Å². The molecule has 7 nitrogen and oxygen atoms in total. The van der Waals surface area contributed by atoms with Gasteiger partial charge in [0.25, 0.3) is 5.69 Å². The molecule has 1 rings (SSSR count). The number of nitrogens with zero attached hydrogens (tertiary/aromatic N) is 2. The van der Waals surface area contributed by atoms with Crippen molar-refractivity contribution in [1.82, 2.24) is 4.90 Å². The van der Waals surface area contributed by atoms with Crippen molar-refractivity contribution in [2.24, 2.45) is 0 Å². The fourth-order valence-electron chi connectivity index (χ4n) is 1.87. The lowest BCUT2D eigenvalue weighted by Gasteiger charge is -2.16. The number of nitrogen functional groups attached to an aromatic ring is 1. The molecule has 19 heavy (non-hydrogen) atoms. The van der Waals surface area contributed by atoms with Gasteiger partial charge in [-0.05, 0) is 20.5 Å². The number of hydrogen-bond donors (Lipinski definition) is 2. The molecule has 0 saturated carbocycles. The van der Waals surface area contributed by atoms with E-state index in [1.807, 2.05) is 19.0 Å². The molecule has 0 fully saturated rings. The van der Waals surface area contributed by atoms with Gasteiger partial charge in [0.2, 0.25) is 0 Å². The summed E-state index contributed by atoms with van der Waals surface area (Å²) in [7, 11) is 6.93. The van der Waals surface area contributed by atoms with Crippen LogP contribution in [0.4, 0.5) is 17.1 Å². The fraction of sp³-hybridized carbons (Fsp3) is 0.500. The average molecular weight is 268 g/mol. The minimum Gasteiger partial charge on any atom is -0.495 e. The monoisotopic (exact) mass is 268 g/mol. The van der Waals surface area contributed by atoms with Gasteiger partial charge in [-0.1, -0.05) is 0 Å². The SMILES string of the molecule is CNc1cc(OC)c(N)c(CCN(C)C)c1[N+](=O)[O-]. The molecule has 0 radical (unpaired) electrons. The van der Waals surface area contributed by atoms with Crippen LogP contribution in [0.3, 0.4) is 0 Å². The third kappa shape index (κ3) is 3.25. The van der Waals surface area contributed by atoms with Crippen molar-refractivity contribution in [2.75, 3.05) is 45.8 Å². The summed E-state index contributed by atoms with van der Waals surface area (Å²) in [5.41, 5.74) is 7.22.